The van der Waals surface area contributed by atoms with E-state index in [0.717, 1.165) is 42.9 Å². The van der Waals surface area contributed by atoms with Gasteiger partial charge in [0.2, 0.25) is 0 Å². The molecule has 0 amide bonds. The minimum absolute atomic E-state index is 0.540. The van der Waals surface area contributed by atoms with Crippen molar-refractivity contribution in [2.75, 3.05) is 11.9 Å². The van der Waals surface area contributed by atoms with Crippen molar-refractivity contribution in [1.82, 2.24) is 9.97 Å². The van der Waals surface area contributed by atoms with Gasteiger partial charge in [-0.2, -0.15) is 0 Å². The van der Waals surface area contributed by atoms with Crippen LogP contribution in [0.15, 0.2) is 6.07 Å². The van der Waals surface area contributed by atoms with Crippen LogP contribution in [0.3, 0.4) is 0 Å². The van der Waals surface area contributed by atoms with Crippen molar-refractivity contribution in [3.05, 3.63) is 17.0 Å². The first-order valence-electron chi connectivity index (χ1n) is 7.44. The molecule has 1 aliphatic rings. The average Bonchev–Trinajstić information content (AvgIpc) is 2.36. The maximum atomic E-state index is 6.04. The Hall–Kier alpha value is -0.830. The van der Waals surface area contributed by atoms with Gasteiger partial charge in [-0.05, 0) is 31.1 Å². The molecule has 0 bridgehead atoms. The van der Waals surface area contributed by atoms with Gasteiger partial charge in [-0.25, -0.2) is 9.97 Å². The van der Waals surface area contributed by atoms with E-state index in [9.17, 15) is 0 Å². The van der Waals surface area contributed by atoms with Crippen molar-refractivity contribution in [3.8, 4) is 0 Å². The summed E-state index contributed by atoms with van der Waals surface area (Å²) in [6.45, 7) is 5.48. The van der Waals surface area contributed by atoms with Crippen LogP contribution in [-0.4, -0.2) is 16.5 Å². The van der Waals surface area contributed by atoms with Crippen LogP contribution in [0.25, 0.3) is 0 Å². The van der Waals surface area contributed by atoms with Crippen molar-refractivity contribution >= 4 is 17.4 Å². The van der Waals surface area contributed by atoms with Crippen LogP contribution in [0, 0.1) is 11.8 Å². The zero-order valence-corrected chi connectivity index (χ0v) is 12.7. The molecule has 2 unspecified atom stereocenters. The zero-order chi connectivity index (χ0) is 13.7. The topological polar surface area (TPSA) is 37.8 Å². The molecule has 2 atom stereocenters. The summed E-state index contributed by atoms with van der Waals surface area (Å²) < 4.78 is 0. The Labute approximate surface area is 121 Å². The number of nitrogens with one attached hydrogen (secondary N) is 1. The minimum atomic E-state index is 0.540. The van der Waals surface area contributed by atoms with E-state index < -0.39 is 0 Å². The fourth-order valence-electron chi connectivity index (χ4n) is 2.88. The third-order valence-electron chi connectivity index (χ3n) is 3.83. The molecule has 0 spiro atoms. The monoisotopic (exact) mass is 281 g/mol. The van der Waals surface area contributed by atoms with E-state index in [2.05, 4.69) is 29.1 Å². The first kappa shape index (κ1) is 14.6. The van der Waals surface area contributed by atoms with E-state index in [1.807, 2.05) is 6.07 Å². The Morgan fingerprint density at radius 1 is 1.37 bits per heavy atom. The van der Waals surface area contributed by atoms with Crippen LogP contribution in [0.5, 0.6) is 0 Å². The molecule has 1 heterocycles. The third-order valence-corrected chi connectivity index (χ3v) is 4.03. The molecule has 1 aromatic rings. The number of rotatable bonds is 5. The maximum absolute atomic E-state index is 6.04. The number of halogens is 1. The van der Waals surface area contributed by atoms with Crippen LogP contribution in [0.1, 0.15) is 51.8 Å². The molecule has 0 radical (unpaired) electrons. The highest BCUT2D eigenvalue weighted by atomic mass is 35.5. The fourth-order valence-corrected chi connectivity index (χ4v) is 3.09. The van der Waals surface area contributed by atoms with Crippen LogP contribution in [0.2, 0.25) is 5.15 Å². The number of anilines is 1. The van der Waals surface area contributed by atoms with E-state index in [0.29, 0.717) is 5.15 Å². The van der Waals surface area contributed by atoms with Crippen LogP contribution in [-0.2, 0) is 6.42 Å². The molecule has 4 heteroatoms. The SMILES string of the molecule is CCCc1nc(Cl)cc(NCC2CCCC(C)C2)n1. The van der Waals surface area contributed by atoms with Crippen molar-refractivity contribution in [1.29, 1.82) is 0 Å². The van der Waals surface area contributed by atoms with Gasteiger partial charge in [0, 0.05) is 19.0 Å². The predicted molar refractivity (Wildman–Crippen MR) is 80.6 cm³/mol. The zero-order valence-electron chi connectivity index (χ0n) is 12.0. The molecule has 0 aliphatic heterocycles. The molecular weight excluding hydrogens is 258 g/mol. The van der Waals surface area contributed by atoms with Gasteiger partial charge >= 0.3 is 0 Å². The van der Waals surface area contributed by atoms with E-state index in [-0.39, 0.29) is 0 Å². The minimum Gasteiger partial charge on any atom is -0.370 e. The van der Waals surface area contributed by atoms with E-state index in [1.54, 1.807) is 0 Å². The highest BCUT2D eigenvalue weighted by Crippen LogP contribution is 2.28. The standard InChI is InChI=1S/C15H24ClN3/c1-3-5-14-18-13(16)9-15(19-14)17-10-12-7-4-6-11(2)8-12/h9,11-12H,3-8,10H2,1-2H3,(H,17,18,19). The molecule has 2 rings (SSSR count). The summed E-state index contributed by atoms with van der Waals surface area (Å²) >= 11 is 6.04. The Morgan fingerprint density at radius 2 is 2.21 bits per heavy atom. The summed E-state index contributed by atoms with van der Waals surface area (Å²) in [7, 11) is 0. The molecule has 1 aliphatic carbocycles. The molecular formula is C15H24ClN3. The van der Waals surface area contributed by atoms with Gasteiger partial charge in [0.15, 0.2) is 0 Å². The normalized spacial score (nSPS) is 23.3. The first-order valence-corrected chi connectivity index (χ1v) is 7.82. The lowest BCUT2D eigenvalue weighted by Gasteiger charge is -2.27. The average molecular weight is 282 g/mol. The quantitative estimate of drug-likeness (QED) is 0.817. The largest absolute Gasteiger partial charge is 0.370 e. The maximum Gasteiger partial charge on any atom is 0.134 e. The van der Waals surface area contributed by atoms with Gasteiger partial charge in [0.05, 0.1) is 0 Å². The number of aryl methyl sites for hydroxylation is 1. The predicted octanol–water partition coefficient (Wildman–Crippen LogP) is 4.32. The summed E-state index contributed by atoms with van der Waals surface area (Å²) in [6, 6.07) is 1.83. The molecule has 3 nitrogen and oxygen atoms in total. The third kappa shape index (κ3) is 4.64. The van der Waals surface area contributed by atoms with Crippen molar-refractivity contribution in [2.24, 2.45) is 11.8 Å². The second-order valence-corrected chi connectivity index (χ2v) is 6.15. The summed E-state index contributed by atoms with van der Waals surface area (Å²) in [5, 5.41) is 3.98. The van der Waals surface area contributed by atoms with E-state index >= 15 is 0 Å². The van der Waals surface area contributed by atoms with Gasteiger partial charge in [-0.15, -0.1) is 0 Å². The summed E-state index contributed by atoms with van der Waals surface area (Å²) in [5.41, 5.74) is 0. The number of hydrogen-bond acceptors (Lipinski definition) is 3. The first-order chi connectivity index (χ1) is 9.17. The molecule has 0 saturated heterocycles. The Kier molecular flexibility index (Phi) is 5.44. The molecule has 1 N–H and O–H groups in total. The fraction of sp³-hybridized carbons (Fsp3) is 0.733. The van der Waals surface area contributed by atoms with Crippen molar-refractivity contribution in [3.63, 3.8) is 0 Å². The number of aromatic nitrogens is 2. The molecule has 0 aromatic carbocycles. The Morgan fingerprint density at radius 3 is 2.95 bits per heavy atom. The summed E-state index contributed by atoms with van der Waals surface area (Å²) in [6.07, 6.45) is 7.33. The second-order valence-electron chi connectivity index (χ2n) is 5.76. The Balaban J connectivity index is 1.91. The highest BCUT2D eigenvalue weighted by molar-refractivity contribution is 6.29. The van der Waals surface area contributed by atoms with Crippen LogP contribution < -0.4 is 5.32 Å². The molecule has 1 saturated carbocycles. The van der Waals surface area contributed by atoms with E-state index in [4.69, 9.17) is 11.6 Å². The van der Waals surface area contributed by atoms with Gasteiger partial charge < -0.3 is 5.32 Å². The number of hydrogen-bond donors (Lipinski definition) is 1. The van der Waals surface area contributed by atoms with Gasteiger partial charge in [0.25, 0.3) is 0 Å². The second kappa shape index (κ2) is 7.09. The molecule has 106 valence electrons. The van der Waals surface area contributed by atoms with Crippen molar-refractivity contribution < 1.29 is 0 Å². The van der Waals surface area contributed by atoms with Gasteiger partial charge in [-0.3, -0.25) is 0 Å². The molecule has 1 fully saturated rings. The van der Waals surface area contributed by atoms with E-state index in [1.165, 1.54) is 25.7 Å². The lowest BCUT2D eigenvalue weighted by molar-refractivity contribution is 0.293. The Bertz CT molecular complexity index is 408. The molecule has 1 aromatic heterocycles. The number of nitrogens with zero attached hydrogens (tertiary/aromatic N) is 2. The molecule has 19 heavy (non-hydrogen) atoms. The summed E-state index contributed by atoms with van der Waals surface area (Å²) in [5.74, 6) is 3.36. The smallest absolute Gasteiger partial charge is 0.134 e. The van der Waals surface area contributed by atoms with Crippen molar-refractivity contribution in [2.45, 2.75) is 52.4 Å². The van der Waals surface area contributed by atoms with Crippen LogP contribution >= 0.6 is 11.6 Å². The highest BCUT2D eigenvalue weighted by Gasteiger charge is 2.18. The summed E-state index contributed by atoms with van der Waals surface area (Å²) in [4.78, 5) is 8.76. The lowest BCUT2D eigenvalue weighted by Crippen LogP contribution is -2.21. The lowest BCUT2D eigenvalue weighted by atomic mass is 9.82. The van der Waals surface area contributed by atoms with Gasteiger partial charge in [-0.1, -0.05) is 38.3 Å². The van der Waals surface area contributed by atoms with Crippen LogP contribution in [0.4, 0.5) is 5.82 Å². The van der Waals surface area contributed by atoms with Gasteiger partial charge in [0.1, 0.15) is 16.8 Å².